The van der Waals surface area contributed by atoms with Gasteiger partial charge in [-0.3, -0.25) is 0 Å². The molecule has 0 fully saturated rings. The van der Waals surface area contributed by atoms with Crippen molar-refractivity contribution in [3.05, 3.63) is 95.6 Å². The third kappa shape index (κ3) is 4.66. The molecule has 0 N–H and O–H groups in total. The Morgan fingerprint density at radius 2 is 1.00 bits per heavy atom. The second kappa shape index (κ2) is 7.76. The number of thioether (sulfide) groups is 2. The van der Waals surface area contributed by atoms with E-state index < -0.39 is 0 Å². The number of rotatable bonds is 5. The molecule has 116 valence electrons. The van der Waals surface area contributed by atoms with Crippen LogP contribution in [0.1, 0.15) is 21.3 Å². The van der Waals surface area contributed by atoms with Crippen molar-refractivity contribution in [2.45, 2.75) is 28.2 Å². The van der Waals surface area contributed by atoms with Crippen LogP contribution in [0.4, 0.5) is 0 Å². The number of benzene rings is 3. The van der Waals surface area contributed by atoms with Crippen molar-refractivity contribution in [1.82, 2.24) is 0 Å². The fraction of sp³-hybridized carbons (Fsp3) is 0.143. The van der Waals surface area contributed by atoms with Crippen LogP contribution in [0.2, 0.25) is 0 Å². The Labute approximate surface area is 147 Å². The molecule has 3 aromatic carbocycles. The van der Waals surface area contributed by atoms with Crippen LogP contribution in [0.5, 0.6) is 0 Å². The second-order valence-electron chi connectivity index (χ2n) is 5.60. The smallest absolute Gasteiger partial charge is 0.0845 e. The minimum atomic E-state index is 0.349. The molecule has 0 nitrogen and oxygen atoms in total. The summed E-state index contributed by atoms with van der Waals surface area (Å²) in [5.41, 5.74) is 3.96. The SMILES string of the molecule is Cc1ccc(SC(Sc2ccc(C)cc2)c2ccccc2)cc1. The van der Waals surface area contributed by atoms with Gasteiger partial charge in [0.15, 0.2) is 0 Å². The zero-order valence-electron chi connectivity index (χ0n) is 13.4. The number of aryl methyl sites for hydroxylation is 2. The molecule has 0 saturated carbocycles. The maximum Gasteiger partial charge on any atom is 0.0845 e. The van der Waals surface area contributed by atoms with Gasteiger partial charge in [-0.2, -0.15) is 0 Å². The number of hydrogen-bond donors (Lipinski definition) is 0. The number of hydrogen-bond acceptors (Lipinski definition) is 2. The summed E-state index contributed by atoms with van der Waals surface area (Å²) in [5.74, 6) is 0. The van der Waals surface area contributed by atoms with Crippen LogP contribution < -0.4 is 0 Å². The molecular weight excluding hydrogens is 316 g/mol. The maximum absolute atomic E-state index is 2.22. The van der Waals surface area contributed by atoms with E-state index in [2.05, 4.69) is 92.7 Å². The van der Waals surface area contributed by atoms with Crippen LogP contribution in [0.25, 0.3) is 0 Å². The lowest BCUT2D eigenvalue weighted by atomic mass is 10.2. The van der Waals surface area contributed by atoms with Crippen LogP contribution in [-0.4, -0.2) is 0 Å². The highest BCUT2D eigenvalue weighted by atomic mass is 32.2. The summed E-state index contributed by atoms with van der Waals surface area (Å²) in [6, 6.07) is 28.3. The van der Waals surface area contributed by atoms with Gasteiger partial charge in [-0.05, 0) is 43.7 Å². The van der Waals surface area contributed by atoms with E-state index in [1.807, 2.05) is 23.5 Å². The second-order valence-corrected chi connectivity index (χ2v) is 8.26. The molecule has 3 aromatic rings. The van der Waals surface area contributed by atoms with E-state index >= 15 is 0 Å². The van der Waals surface area contributed by atoms with Crippen molar-refractivity contribution in [3.63, 3.8) is 0 Å². The molecule has 0 aliphatic carbocycles. The molecule has 23 heavy (non-hydrogen) atoms. The van der Waals surface area contributed by atoms with E-state index in [9.17, 15) is 0 Å². The predicted molar refractivity (Wildman–Crippen MR) is 103 cm³/mol. The summed E-state index contributed by atoms with van der Waals surface area (Å²) in [6.45, 7) is 4.26. The van der Waals surface area contributed by atoms with E-state index in [0.29, 0.717) is 4.58 Å². The predicted octanol–water partition coefficient (Wildman–Crippen LogP) is 6.89. The highest BCUT2D eigenvalue weighted by Crippen LogP contribution is 2.46. The van der Waals surface area contributed by atoms with Gasteiger partial charge < -0.3 is 0 Å². The summed E-state index contributed by atoms with van der Waals surface area (Å²) in [6.07, 6.45) is 0. The fourth-order valence-corrected chi connectivity index (χ4v) is 4.78. The average Bonchev–Trinajstić information content (AvgIpc) is 2.59. The zero-order chi connectivity index (χ0) is 16.1. The first-order valence-corrected chi connectivity index (χ1v) is 9.48. The van der Waals surface area contributed by atoms with Gasteiger partial charge in [-0.25, -0.2) is 0 Å². The van der Waals surface area contributed by atoms with Crippen molar-refractivity contribution in [2.24, 2.45) is 0 Å². The molecule has 0 unspecified atom stereocenters. The van der Waals surface area contributed by atoms with Crippen molar-refractivity contribution >= 4 is 23.5 Å². The first-order chi connectivity index (χ1) is 11.2. The third-order valence-corrected chi connectivity index (χ3v) is 6.24. The van der Waals surface area contributed by atoms with Crippen LogP contribution in [0, 0.1) is 13.8 Å². The van der Waals surface area contributed by atoms with Crippen LogP contribution in [-0.2, 0) is 0 Å². The van der Waals surface area contributed by atoms with Crippen molar-refractivity contribution in [3.8, 4) is 0 Å². The van der Waals surface area contributed by atoms with Gasteiger partial charge in [-0.15, -0.1) is 23.5 Å². The van der Waals surface area contributed by atoms with Crippen molar-refractivity contribution < 1.29 is 0 Å². The minimum Gasteiger partial charge on any atom is -0.107 e. The largest absolute Gasteiger partial charge is 0.107 e. The molecule has 0 aliphatic heterocycles. The van der Waals surface area contributed by atoms with E-state index in [-0.39, 0.29) is 0 Å². The molecule has 0 saturated heterocycles. The van der Waals surface area contributed by atoms with Gasteiger partial charge in [0.05, 0.1) is 4.58 Å². The Kier molecular flexibility index (Phi) is 5.47. The molecule has 0 radical (unpaired) electrons. The first kappa shape index (κ1) is 16.2. The first-order valence-electron chi connectivity index (χ1n) is 7.72. The molecule has 0 spiro atoms. The Morgan fingerprint density at radius 3 is 1.43 bits per heavy atom. The molecule has 3 rings (SSSR count). The summed E-state index contributed by atoms with van der Waals surface area (Å²) in [4.78, 5) is 2.62. The third-order valence-electron chi connectivity index (χ3n) is 3.60. The zero-order valence-corrected chi connectivity index (χ0v) is 15.0. The topological polar surface area (TPSA) is 0 Å². The fourth-order valence-electron chi connectivity index (χ4n) is 2.25. The van der Waals surface area contributed by atoms with E-state index in [0.717, 1.165) is 0 Å². The van der Waals surface area contributed by atoms with E-state index in [1.54, 1.807) is 0 Å². The quantitative estimate of drug-likeness (QED) is 0.367. The Balaban J connectivity index is 1.84. The molecule has 0 aromatic heterocycles. The lowest BCUT2D eigenvalue weighted by Gasteiger charge is -2.17. The van der Waals surface area contributed by atoms with E-state index in [1.165, 1.54) is 26.5 Å². The summed E-state index contributed by atoms with van der Waals surface area (Å²) in [7, 11) is 0. The highest BCUT2D eigenvalue weighted by molar-refractivity contribution is 8.16. The molecule has 0 atom stereocenters. The van der Waals surface area contributed by atoms with Gasteiger partial charge in [0, 0.05) is 9.79 Å². The molecule has 0 amide bonds. The van der Waals surface area contributed by atoms with Gasteiger partial charge in [0.1, 0.15) is 0 Å². The molecule has 0 aliphatic rings. The van der Waals surface area contributed by atoms with Crippen LogP contribution in [0.15, 0.2) is 88.7 Å². The van der Waals surface area contributed by atoms with Gasteiger partial charge >= 0.3 is 0 Å². The molecule has 0 heterocycles. The molecule has 2 heteroatoms. The molecular formula is C21H20S2. The summed E-state index contributed by atoms with van der Waals surface area (Å²) in [5, 5.41) is 0. The van der Waals surface area contributed by atoms with Crippen LogP contribution in [0.3, 0.4) is 0 Å². The van der Waals surface area contributed by atoms with Crippen molar-refractivity contribution in [2.75, 3.05) is 0 Å². The molecule has 0 bridgehead atoms. The van der Waals surface area contributed by atoms with Gasteiger partial charge in [0.2, 0.25) is 0 Å². The minimum absolute atomic E-state index is 0.349. The van der Waals surface area contributed by atoms with Gasteiger partial charge in [-0.1, -0.05) is 65.7 Å². The highest BCUT2D eigenvalue weighted by Gasteiger charge is 2.14. The monoisotopic (exact) mass is 336 g/mol. The normalized spacial score (nSPS) is 10.9. The maximum atomic E-state index is 2.22. The summed E-state index contributed by atoms with van der Waals surface area (Å²) < 4.78 is 0.349. The van der Waals surface area contributed by atoms with Crippen LogP contribution >= 0.6 is 23.5 Å². The Hall–Kier alpha value is -1.64. The lowest BCUT2D eigenvalue weighted by molar-refractivity contribution is 1.31. The standard InChI is InChI=1S/C21H20S2/c1-16-8-12-19(13-9-16)22-21(18-6-4-3-5-7-18)23-20-14-10-17(2)11-15-20/h3-15,21H,1-2H3. The Bertz CT molecular complexity index is 684. The van der Waals surface area contributed by atoms with Gasteiger partial charge in [0.25, 0.3) is 0 Å². The summed E-state index contributed by atoms with van der Waals surface area (Å²) >= 11 is 3.83. The van der Waals surface area contributed by atoms with E-state index in [4.69, 9.17) is 0 Å². The van der Waals surface area contributed by atoms with Crippen molar-refractivity contribution in [1.29, 1.82) is 0 Å². The Morgan fingerprint density at radius 1 is 0.565 bits per heavy atom. The average molecular weight is 337 g/mol. The lowest BCUT2D eigenvalue weighted by Crippen LogP contribution is -1.89.